The van der Waals surface area contributed by atoms with Gasteiger partial charge in [-0.1, -0.05) is 30.3 Å². The van der Waals surface area contributed by atoms with Gasteiger partial charge in [0.05, 0.1) is 36.0 Å². The molecule has 1 atom stereocenters. The molecule has 1 saturated heterocycles. The zero-order valence-electron chi connectivity index (χ0n) is 18.5. The van der Waals surface area contributed by atoms with Crippen LogP contribution in [0.3, 0.4) is 0 Å². The van der Waals surface area contributed by atoms with Gasteiger partial charge in [-0.3, -0.25) is 14.2 Å². The SMILES string of the molecule is Cc1c(-c2ccccc2)sc2ncn(CC(=O)N(Cc3ccco3)[C@@H]3CCS(=O)(=O)C3)c(=O)c12. The molecule has 0 unspecified atom stereocenters. The number of carbonyl (C=O) groups excluding carboxylic acids is 1. The van der Waals surface area contributed by atoms with Crippen LogP contribution in [0.1, 0.15) is 17.7 Å². The van der Waals surface area contributed by atoms with Crippen molar-refractivity contribution in [1.29, 1.82) is 0 Å². The fourth-order valence-electron chi connectivity index (χ4n) is 4.39. The van der Waals surface area contributed by atoms with E-state index in [0.29, 0.717) is 22.4 Å². The maximum atomic E-state index is 13.3. The number of fused-ring (bicyclic) bond motifs is 1. The second kappa shape index (κ2) is 8.84. The van der Waals surface area contributed by atoms with Crippen LogP contribution in [0.2, 0.25) is 0 Å². The van der Waals surface area contributed by atoms with Crippen molar-refractivity contribution in [3.05, 3.63) is 76.7 Å². The highest BCUT2D eigenvalue weighted by Gasteiger charge is 2.35. The largest absolute Gasteiger partial charge is 0.467 e. The predicted molar refractivity (Wildman–Crippen MR) is 130 cm³/mol. The molecule has 0 bridgehead atoms. The van der Waals surface area contributed by atoms with Gasteiger partial charge in [-0.05, 0) is 36.6 Å². The van der Waals surface area contributed by atoms with Gasteiger partial charge in [-0.25, -0.2) is 13.4 Å². The first-order valence-electron chi connectivity index (χ1n) is 10.9. The number of hydrogen-bond donors (Lipinski definition) is 0. The van der Waals surface area contributed by atoms with Crippen molar-refractivity contribution >= 4 is 37.3 Å². The van der Waals surface area contributed by atoms with E-state index in [-0.39, 0.29) is 36.1 Å². The Morgan fingerprint density at radius 3 is 2.71 bits per heavy atom. The summed E-state index contributed by atoms with van der Waals surface area (Å²) in [6.07, 6.45) is 3.27. The average molecular weight is 498 g/mol. The highest BCUT2D eigenvalue weighted by atomic mass is 32.2. The lowest BCUT2D eigenvalue weighted by molar-refractivity contribution is -0.134. The number of benzene rings is 1. The van der Waals surface area contributed by atoms with Crippen LogP contribution in [0.15, 0.2) is 64.3 Å². The van der Waals surface area contributed by atoms with Gasteiger partial charge >= 0.3 is 0 Å². The van der Waals surface area contributed by atoms with Crippen molar-refractivity contribution in [2.24, 2.45) is 0 Å². The van der Waals surface area contributed by atoms with Crippen LogP contribution in [-0.2, 0) is 27.7 Å². The highest BCUT2D eigenvalue weighted by molar-refractivity contribution is 7.91. The monoisotopic (exact) mass is 497 g/mol. The Morgan fingerprint density at radius 2 is 2.03 bits per heavy atom. The molecule has 0 spiro atoms. The molecule has 4 heterocycles. The van der Waals surface area contributed by atoms with E-state index in [0.717, 1.165) is 16.0 Å². The first-order chi connectivity index (χ1) is 16.3. The summed E-state index contributed by atoms with van der Waals surface area (Å²) in [4.78, 5) is 34.2. The van der Waals surface area contributed by atoms with Gasteiger partial charge in [0.25, 0.3) is 5.56 Å². The van der Waals surface area contributed by atoms with Crippen LogP contribution in [0.5, 0.6) is 0 Å². The fraction of sp³-hybridized carbons (Fsp3) is 0.292. The lowest BCUT2D eigenvalue weighted by Crippen LogP contribution is -2.43. The zero-order valence-corrected chi connectivity index (χ0v) is 20.1. The van der Waals surface area contributed by atoms with E-state index >= 15 is 0 Å². The van der Waals surface area contributed by atoms with Crippen molar-refractivity contribution < 1.29 is 17.6 Å². The molecule has 1 aliphatic heterocycles. The van der Waals surface area contributed by atoms with Crippen LogP contribution in [0.25, 0.3) is 20.7 Å². The van der Waals surface area contributed by atoms with Gasteiger partial charge in [0.2, 0.25) is 5.91 Å². The molecule has 1 amide bonds. The van der Waals surface area contributed by atoms with Gasteiger partial charge in [-0.15, -0.1) is 11.3 Å². The Balaban J connectivity index is 1.47. The molecule has 0 radical (unpaired) electrons. The average Bonchev–Trinajstić information content (AvgIpc) is 3.54. The molecule has 0 aliphatic carbocycles. The third kappa shape index (κ3) is 4.30. The van der Waals surface area contributed by atoms with E-state index in [1.807, 2.05) is 37.3 Å². The highest BCUT2D eigenvalue weighted by Crippen LogP contribution is 2.35. The molecule has 8 nitrogen and oxygen atoms in total. The smallest absolute Gasteiger partial charge is 0.262 e. The Bertz CT molecular complexity index is 1510. The van der Waals surface area contributed by atoms with Gasteiger partial charge in [-0.2, -0.15) is 0 Å². The zero-order chi connectivity index (χ0) is 23.9. The van der Waals surface area contributed by atoms with E-state index < -0.39 is 15.9 Å². The van der Waals surface area contributed by atoms with Crippen LogP contribution in [-0.4, -0.2) is 46.3 Å². The summed E-state index contributed by atoms with van der Waals surface area (Å²) in [6.45, 7) is 1.81. The summed E-state index contributed by atoms with van der Waals surface area (Å²) >= 11 is 1.45. The number of thiophene rings is 1. The molecule has 34 heavy (non-hydrogen) atoms. The number of amides is 1. The minimum Gasteiger partial charge on any atom is -0.467 e. The minimum absolute atomic E-state index is 0.0451. The van der Waals surface area contributed by atoms with Crippen molar-refractivity contribution in [2.45, 2.75) is 32.5 Å². The summed E-state index contributed by atoms with van der Waals surface area (Å²) in [5, 5.41) is 0.500. The molecule has 10 heteroatoms. The minimum atomic E-state index is -3.20. The van der Waals surface area contributed by atoms with Gasteiger partial charge in [0.15, 0.2) is 9.84 Å². The maximum Gasteiger partial charge on any atom is 0.262 e. The lowest BCUT2D eigenvalue weighted by Gasteiger charge is -2.27. The third-order valence-electron chi connectivity index (χ3n) is 6.13. The normalized spacial score (nSPS) is 17.3. The topological polar surface area (TPSA) is 102 Å². The van der Waals surface area contributed by atoms with Gasteiger partial charge < -0.3 is 9.32 Å². The van der Waals surface area contributed by atoms with Gasteiger partial charge in [0.1, 0.15) is 17.1 Å². The number of nitrogens with zero attached hydrogens (tertiary/aromatic N) is 3. The molecule has 3 aromatic heterocycles. The lowest BCUT2D eigenvalue weighted by atomic mass is 10.1. The Hall–Kier alpha value is -3.24. The number of furan rings is 1. The van der Waals surface area contributed by atoms with Crippen LogP contribution in [0.4, 0.5) is 0 Å². The number of aryl methyl sites for hydroxylation is 1. The number of carbonyl (C=O) groups is 1. The van der Waals surface area contributed by atoms with Crippen LogP contribution < -0.4 is 5.56 Å². The van der Waals surface area contributed by atoms with Crippen molar-refractivity contribution in [2.75, 3.05) is 11.5 Å². The van der Waals surface area contributed by atoms with E-state index in [1.165, 1.54) is 33.4 Å². The predicted octanol–water partition coefficient (Wildman–Crippen LogP) is 3.24. The fourth-order valence-corrected chi connectivity index (χ4v) is 7.26. The second-order valence-electron chi connectivity index (χ2n) is 8.44. The summed E-state index contributed by atoms with van der Waals surface area (Å²) in [6, 6.07) is 12.8. The third-order valence-corrected chi connectivity index (χ3v) is 9.13. The molecule has 1 fully saturated rings. The van der Waals surface area contributed by atoms with Crippen molar-refractivity contribution in [3.8, 4) is 10.4 Å². The first kappa shape index (κ1) is 22.5. The standard InChI is InChI=1S/C24H23N3O5S2/c1-16-21-23(33-22(16)17-6-3-2-4-7-17)25-15-26(24(21)29)13-20(28)27(12-19-8-5-10-32-19)18-9-11-34(30,31)14-18/h2-8,10,15,18H,9,11-14H2,1H3/t18-/m1/s1. The number of hydrogen-bond acceptors (Lipinski definition) is 7. The molecule has 4 aromatic rings. The molecule has 0 saturated carbocycles. The van der Waals surface area contributed by atoms with E-state index in [4.69, 9.17) is 4.42 Å². The molecular formula is C24H23N3O5S2. The first-order valence-corrected chi connectivity index (χ1v) is 13.5. The van der Waals surface area contributed by atoms with E-state index in [9.17, 15) is 18.0 Å². The quantitative estimate of drug-likeness (QED) is 0.405. The van der Waals surface area contributed by atoms with Crippen LogP contribution in [0, 0.1) is 6.92 Å². The Kier molecular flexibility index (Phi) is 5.86. The molecule has 0 N–H and O–H groups in total. The van der Waals surface area contributed by atoms with Gasteiger partial charge in [0, 0.05) is 10.9 Å². The summed E-state index contributed by atoms with van der Waals surface area (Å²) in [5.74, 6) is 0.164. The van der Waals surface area contributed by atoms with E-state index in [1.54, 1.807) is 12.1 Å². The van der Waals surface area contributed by atoms with Crippen molar-refractivity contribution in [1.82, 2.24) is 14.5 Å². The Morgan fingerprint density at radius 1 is 1.24 bits per heavy atom. The maximum absolute atomic E-state index is 13.3. The second-order valence-corrected chi connectivity index (χ2v) is 11.7. The Labute approximate surface area is 200 Å². The molecule has 176 valence electrons. The van der Waals surface area contributed by atoms with Crippen LogP contribution >= 0.6 is 11.3 Å². The molecule has 1 aliphatic rings. The molecule has 1 aromatic carbocycles. The number of sulfone groups is 1. The summed E-state index contributed by atoms with van der Waals surface area (Å²) in [7, 11) is -3.20. The molecular weight excluding hydrogens is 474 g/mol. The summed E-state index contributed by atoms with van der Waals surface area (Å²) in [5.41, 5.74) is 1.56. The van der Waals surface area contributed by atoms with Crippen molar-refractivity contribution in [3.63, 3.8) is 0 Å². The number of rotatable bonds is 6. The number of aromatic nitrogens is 2. The van der Waals surface area contributed by atoms with E-state index in [2.05, 4.69) is 4.98 Å². The molecule has 5 rings (SSSR count). The summed E-state index contributed by atoms with van der Waals surface area (Å²) < 4.78 is 30.8.